The number of nitrogens with zero attached hydrogens (tertiary/aromatic N) is 2. The molecule has 0 aliphatic rings. The Balaban J connectivity index is 1.87. The Labute approximate surface area is 207 Å². The lowest BCUT2D eigenvalue weighted by Crippen LogP contribution is -2.15. The Morgan fingerprint density at radius 3 is 2.31 bits per heavy atom. The maximum atomic E-state index is 15.5. The van der Waals surface area contributed by atoms with Gasteiger partial charge in [0.25, 0.3) is 0 Å². The number of hydrogen-bond donors (Lipinski definition) is 1. The van der Waals surface area contributed by atoms with E-state index in [4.69, 9.17) is 11.6 Å². The van der Waals surface area contributed by atoms with Crippen molar-refractivity contribution in [2.75, 3.05) is 5.75 Å². The number of rotatable bonds is 6. The van der Waals surface area contributed by atoms with Crippen LogP contribution in [0.2, 0.25) is 5.02 Å². The fraction of sp³-hybridized carbons (Fsp3) is 0.192. The van der Waals surface area contributed by atoms with E-state index >= 15 is 4.39 Å². The SMILES string of the molecule is CCS(=O)(=O)c1cccc(-c2ccc(-n3cc(C(C)(C)O)nc3-c3c(F)cccc3Cl)c(F)c2)c1. The molecule has 182 valence electrons. The van der Waals surface area contributed by atoms with Crippen LogP contribution in [0.3, 0.4) is 0 Å². The lowest BCUT2D eigenvalue weighted by molar-refractivity contribution is 0.0743. The molecule has 1 N–H and O–H groups in total. The molecule has 35 heavy (non-hydrogen) atoms. The summed E-state index contributed by atoms with van der Waals surface area (Å²) in [6.07, 6.45) is 1.44. The monoisotopic (exact) mass is 516 g/mol. The number of aliphatic hydroxyl groups is 1. The van der Waals surface area contributed by atoms with E-state index in [0.717, 1.165) is 0 Å². The summed E-state index contributed by atoms with van der Waals surface area (Å²) in [7, 11) is -3.42. The summed E-state index contributed by atoms with van der Waals surface area (Å²) in [4.78, 5) is 4.53. The Kier molecular flexibility index (Phi) is 6.57. The summed E-state index contributed by atoms with van der Waals surface area (Å²) in [5, 5.41) is 10.6. The molecule has 5 nitrogen and oxygen atoms in total. The quantitative estimate of drug-likeness (QED) is 0.333. The summed E-state index contributed by atoms with van der Waals surface area (Å²) in [6.45, 7) is 4.59. The van der Waals surface area contributed by atoms with Gasteiger partial charge >= 0.3 is 0 Å². The average molecular weight is 517 g/mol. The number of benzene rings is 3. The van der Waals surface area contributed by atoms with Crippen LogP contribution < -0.4 is 0 Å². The van der Waals surface area contributed by atoms with E-state index in [1.54, 1.807) is 25.1 Å². The lowest BCUT2D eigenvalue weighted by atomic mass is 10.0. The molecule has 0 bridgehead atoms. The smallest absolute Gasteiger partial charge is 0.178 e. The number of imidazole rings is 1. The number of hydrogen-bond acceptors (Lipinski definition) is 4. The fourth-order valence-corrected chi connectivity index (χ4v) is 4.84. The zero-order valence-electron chi connectivity index (χ0n) is 19.3. The molecule has 4 rings (SSSR count). The van der Waals surface area contributed by atoms with Gasteiger partial charge in [-0.2, -0.15) is 0 Å². The highest BCUT2D eigenvalue weighted by Crippen LogP contribution is 2.35. The molecule has 0 fully saturated rings. The largest absolute Gasteiger partial charge is 0.384 e. The van der Waals surface area contributed by atoms with E-state index in [-0.39, 0.29) is 38.4 Å². The first-order valence-electron chi connectivity index (χ1n) is 10.8. The van der Waals surface area contributed by atoms with Crippen LogP contribution in [-0.2, 0) is 15.4 Å². The molecular weight excluding hydrogens is 494 g/mol. The van der Waals surface area contributed by atoms with E-state index in [0.29, 0.717) is 11.1 Å². The molecule has 0 amide bonds. The van der Waals surface area contributed by atoms with E-state index in [2.05, 4.69) is 4.98 Å². The predicted octanol–water partition coefficient (Wildman–Crippen LogP) is 6.16. The summed E-state index contributed by atoms with van der Waals surface area (Å²) < 4.78 is 56.1. The molecule has 3 aromatic carbocycles. The molecule has 9 heteroatoms. The van der Waals surface area contributed by atoms with Crippen molar-refractivity contribution in [2.45, 2.75) is 31.3 Å². The van der Waals surface area contributed by atoms with Gasteiger partial charge < -0.3 is 5.11 Å². The van der Waals surface area contributed by atoms with Crippen molar-refractivity contribution >= 4 is 21.4 Å². The molecule has 1 heterocycles. The third-order valence-electron chi connectivity index (χ3n) is 5.63. The van der Waals surface area contributed by atoms with Crippen LogP contribution in [0, 0.1) is 11.6 Å². The Morgan fingerprint density at radius 1 is 1.00 bits per heavy atom. The van der Waals surface area contributed by atoms with Crippen LogP contribution in [0.1, 0.15) is 26.5 Å². The van der Waals surface area contributed by atoms with Crippen molar-refractivity contribution in [3.05, 3.63) is 89.2 Å². The summed E-state index contributed by atoms with van der Waals surface area (Å²) in [5.41, 5.74) is -0.140. The second-order valence-electron chi connectivity index (χ2n) is 8.57. The van der Waals surface area contributed by atoms with Crippen LogP contribution in [0.25, 0.3) is 28.2 Å². The zero-order chi connectivity index (χ0) is 25.5. The molecule has 0 radical (unpaired) electrons. The highest BCUT2D eigenvalue weighted by atomic mass is 35.5. The molecule has 0 saturated carbocycles. The first-order valence-corrected chi connectivity index (χ1v) is 12.8. The Hall–Kier alpha value is -3.07. The van der Waals surface area contributed by atoms with Crippen LogP contribution in [0.15, 0.2) is 71.8 Å². The van der Waals surface area contributed by atoms with Crippen molar-refractivity contribution in [3.63, 3.8) is 0 Å². The minimum absolute atomic E-state index is 0.0226. The van der Waals surface area contributed by atoms with Gasteiger partial charge in [-0.3, -0.25) is 4.57 Å². The minimum atomic E-state index is -3.42. The molecule has 0 aliphatic carbocycles. The van der Waals surface area contributed by atoms with E-state index in [1.807, 2.05) is 0 Å². The maximum absolute atomic E-state index is 15.5. The first-order chi connectivity index (χ1) is 16.4. The molecule has 0 atom stereocenters. The van der Waals surface area contributed by atoms with Crippen LogP contribution in [0.5, 0.6) is 0 Å². The number of sulfone groups is 1. The van der Waals surface area contributed by atoms with Crippen molar-refractivity contribution in [1.82, 2.24) is 9.55 Å². The maximum Gasteiger partial charge on any atom is 0.178 e. The molecule has 1 aromatic heterocycles. The number of halogens is 3. The van der Waals surface area contributed by atoms with Crippen molar-refractivity contribution in [3.8, 4) is 28.2 Å². The summed E-state index contributed by atoms with van der Waals surface area (Å²) in [6, 6.07) is 14.9. The lowest BCUT2D eigenvalue weighted by Gasteiger charge is -2.13. The highest BCUT2D eigenvalue weighted by Gasteiger charge is 2.26. The zero-order valence-corrected chi connectivity index (χ0v) is 20.8. The highest BCUT2D eigenvalue weighted by molar-refractivity contribution is 7.91. The van der Waals surface area contributed by atoms with Gasteiger partial charge in [0.05, 0.1) is 32.6 Å². The molecule has 0 aliphatic heterocycles. The van der Waals surface area contributed by atoms with Crippen LogP contribution in [0.4, 0.5) is 8.78 Å². The van der Waals surface area contributed by atoms with Gasteiger partial charge in [-0.15, -0.1) is 0 Å². The Bertz CT molecular complexity index is 1510. The molecule has 0 spiro atoms. The normalized spacial score (nSPS) is 12.2. The van der Waals surface area contributed by atoms with Gasteiger partial charge in [-0.1, -0.05) is 42.8 Å². The van der Waals surface area contributed by atoms with Gasteiger partial charge in [0.1, 0.15) is 23.1 Å². The van der Waals surface area contributed by atoms with E-state index in [9.17, 15) is 17.9 Å². The Morgan fingerprint density at radius 2 is 1.69 bits per heavy atom. The van der Waals surface area contributed by atoms with Gasteiger partial charge in [-0.05, 0) is 61.4 Å². The van der Waals surface area contributed by atoms with Gasteiger partial charge in [0.15, 0.2) is 9.84 Å². The van der Waals surface area contributed by atoms with Gasteiger partial charge in [0.2, 0.25) is 0 Å². The van der Waals surface area contributed by atoms with Crippen LogP contribution in [-0.4, -0.2) is 28.8 Å². The van der Waals surface area contributed by atoms with Crippen molar-refractivity contribution < 1.29 is 22.3 Å². The first kappa shape index (κ1) is 25.0. The summed E-state index contributed by atoms with van der Waals surface area (Å²) in [5.74, 6) is -1.31. The second-order valence-corrected chi connectivity index (χ2v) is 11.3. The van der Waals surface area contributed by atoms with Crippen molar-refractivity contribution in [2.24, 2.45) is 0 Å². The van der Waals surface area contributed by atoms with Gasteiger partial charge in [0, 0.05) is 6.20 Å². The van der Waals surface area contributed by atoms with Gasteiger partial charge in [-0.25, -0.2) is 22.2 Å². The van der Waals surface area contributed by atoms with E-state index < -0.39 is 27.1 Å². The molecule has 0 saturated heterocycles. The standard InChI is InChI=1S/C26H23ClF2N2O3S/c1-4-35(33,34)18-8-5-7-16(13-18)17-11-12-22(21(29)14-17)31-15-23(26(2,3)32)30-25(31)24-19(27)9-6-10-20(24)28/h5-15,32H,4H2,1-3H3. The molecular formula is C26H23ClF2N2O3S. The molecule has 0 unspecified atom stereocenters. The predicted molar refractivity (Wildman–Crippen MR) is 132 cm³/mol. The summed E-state index contributed by atoms with van der Waals surface area (Å²) >= 11 is 6.26. The average Bonchev–Trinajstić information content (AvgIpc) is 3.24. The molecule has 4 aromatic rings. The third kappa shape index (κ3) is 4.87. The van der Waals surface area contributed by atoms with E-state index in [1.165, 1.54) is 67.1 Å². The number of aromatic nitrogens is 2. The topological polar surface area (TPSA) is 72.2 Å². The second kappa shape index (κ2) is 9.18. The third-order valence-corrected chi connectivity index (χ3v) is 7.68. The van der Waals surface area contributed by atoms with Crippen molar-refractivity contribution in [1.29, 1.82) is 0 Å². The minimum Gasteiger partial charge on any atom is -0.384 e. The van der Waals surface area contributed by atoms with Crippen LogP contribution >= 0.6 is 11.6 Å². The fourth-order valence-electron chi connectivity index (χ4n) is 3.66.